The van der Waals surface area contributed by atoms with Crippen LogP contribution in [0.1, 0.15) is 43.1 Å². The standard InChI is InChI=1S/C13H21N5O/c1-2-6-16-17-13(19)11-9-15-12(10-14-11)18-7-4-3-5-8-18/h9-10,16H,2-8H2,1H3,(H,17,19). The molecule has 1 aliphatic rings. The molecule has 0 bridgehead atoms. The first-order valence-corrected chi connectivity index (χ1v) is 6.91. The van der Waals surface area contributed by atoms with Crippen LogP contribution < -0.4 is 15.8 Å². The summed E-state index contributed by atoms with van der Waals surface area (Å²) in [6.45, 7) is 4.83. The van der Waals surface area contributed by atoms with Crippen LogP contribution in [0.4, 0.5) is 5.82 Å². The lowest BCUT2D eigenvalue weighted by Gasteiger charge is -2.27. The predicted octanol–water partition coefficient (Wildman–Crippen LogP) is 1.11. The van der Waals surface area contributed by atoms with Gasteiger partial charge in [0.1, 0.15) is 11.5 Å². The molecule has 0 radical (unpaired) electrons. The van der Waals surface area contributed by atoms with E-state index in [1.54, 1.807) is 6.20 Å². The first-order valence-electron chi connectivity index (χ1n) is 6.91. The number of anilines is 1. The van der Waals surface area contributed by atoms with Crippen LogP contribution in [-0.4, -0.2) is 35.5 Å². The van der Waals surface area contributed by atoms with Crippen LogP contribution >= 0.6 is 0 Å². The summed E-state index contributed by atoms with van der Waals surface area (Å²) >= 11 is 0. The highest BCUT2D eigenvalue weighted by molar-refractivity contribution is 5.91. The molecule has 0 spiro atoms. The first-order chi connectivity index (χ1) is 9.31. The Morgan fingerprint density at radius 3 is 2.68 bits per heavy atom. The summed E-state index contributed by atoms with van der Waals surface area (Å²) in [6, 6.07) is 0. The van der Waals surface area contributed by atoms with Gasteiger partial charge in [0.2, 0.25) is 0 Å². The van der Waals surface area contributed by atoms with Crippen LogP contribution in [-0.2, 0) is 0 Å². The van der Waals surface area contributed by atoms with Crippen LogP contribution in [0.2, 0.25) is 0 Å². The molecule has 0 saturated carbocycles. The van der Waals surface area contributed by atoms with Gasteiger partial charge in [0.15, 0.2) is 0 Å². The van der Waals surface area contributed by atoms with Gasteiger partial charge in [0.05, 0.1) is 12.4 Å². The van der Waals surface area contributed by atoms with Crippen molar-refractivity contribution in [3.63, 3.8) is 0 Å². The average Bonchev–Trinajstić information content (AvgIpc) is 2.48. The van der Waals surface area contributed by atoms with E-state index < -0.39 is 0 Å². The van der Waals surface area contributed by atoms with Crippen molar-refractivity contribution < 1.29 is 4.79 Å². The molecule has 1 aromatic rings. The Balaban J connectivity index is 1.91. The fourth-order valence-corrected chi connectivity index (χ4v) is 2.06. The Labute approximate surface area is 113 Å². The third-order valence-electron chi connectivity index (χ3n) is 3.13. The molecule has 2 heterocycles. The Bertz CT molecular complexity index is 400. The lowest BCUT2D eigenvalue weighted by Crippen LogP contribution is -2.38. The fourth-order valence-electron chi connectivity index (χ4n) is 2.06. The molecule has 104 valence electrons. The number of piperidine rings is 1. The van der Waals surface area contributed by atoms with E-state index in [1.807, 2.05) is 6.92 Å². The Hall–Kier alpha value is -1.69. The number of carbonyl (C=O) groups excluding carboxylic acids is 1. The number of hydrazine groups is 1. The summed E-state index contributed by atoms with van der Waals surface area (Å²) in [5.41, 5.74) is 5.76. The van der Waals surface area contributed by atoms with Gasteiger partial charge in [-0.1, -0.05) is 6.92 Å². The number of rotatable bonds is 5. The van der Waals surface area contributed by atoms with E-state index in [4.69, 9.17) is 0 Å². The topological polar surface area (TPSA) is 70.2 Å². The highest BCUT2D eigenvalue weighted by Crippen LogP contribution is 2.16. The molecule has 1 saturated heterocycles. The Morgan fingerprint density at radius 1 is 1.26 bits per heavy atom. The number of nitrogens with one attached hydrogen (secondary N) is 2. The molecule has 19 heavy (non-hydrogen) atoms. The van der Waals surface area contributed by atoms with Gasteiger partial charge in [0, 0.05) is 19.6 Å². The second kappa shape index (κ2) is 7.04. The summed E-state index contributed by atoms with van der Waals surface area (Å²) in [7, 11) is 0. The molecule has 1 fully saturated rings. The minimum absolute atomic E-state index is 0.244. The summed E-state index contributed by atoms with van der Waals surface area (Å²) in [5, 5.41) is 0. The molecule has 1 aromatic heterocycles. The van der Waals surface area contributed by atoms with E-state index >= 15 is 0 Å². The summed E-state index contributed by atoms with van der Waals surface area (Å²) < 4.78 is 0. The van der Waals surface area contributed by atoms with Crippen molar-refractivity contribution in [1.82, 2.24) is 20.8 Å². The van der Waals surface area contributed by atoms with E-state index in [-0.39, 0.29) is 5.91 Å². The second-order valence-electron chi connectivity index (χ2n) is 4.69. The van der Waals surface area contributed by atoms with Crippen LogP contribution in [0, 0.1) is 0 Å². The van der Waals surface area contributed by atoms with Gasteiger partial charge in [-0.15, -0.1) is 0 Å². The molecule has 1 aliphatic heterocycles. The molecule has 0 aliphatic carbocycles. The highest BCUT2D eigenvalue weighted by atomic mass is 16.2. The minimum atomic E-state index is -0.244. The van der Waals surface area contributed by atoms with Crippen molar-refractivity contribution in [2.24, 2.45) is 0 Å². The summed E-state index contributed by atoms with van der Waals surface area (Å²) in [5.74, 6) is 0.615. The summed E-state index contributed by atoms with van der Waals surface area (Å²) in [4.78, 5) is 22.4. The van der Waals surface area contributed by atoms with Crippen molar-refractivity contribution in [2.45, 2.75) is 32.6 Å². The lowest BCUT2D eigenvalue weighted by atomic mass is 10.1. The molecule has 2 rings (SSSR count). The number of carbonyl (C=O) groups is 1. The lowest BCUT2D eigenvalue weighted by molar-refractivity contribution is 0.0928. The number of nitrogens with zero attached hydrogens (tertiary/aromatic N) is 3. The number of hydrogen-bond donors (Lipinski definition) is 2. The number of aromatic nitrogens is 2. The van der Waals surface area contributed by atoms with Gasteiger partial charge >= 0.3 is 0 Å². The van der Waals surface area contributed by atoms with Gasteiger partial charge in [0.25, 0.3) is 5.91 Å². The monoisotopic (exact) mass is 263 g/mol. The molecule has 0 unspecified atom stereocenters. The molecule has 0 aromatic carbocycles. The predicted molar refractivity (Wildman–Crippen MR) is 73.9 cm³/mol. The smallest absolute Gasteiger partial charge is 0.285 e. The van der Waals surface area contributed by atoms with Gasteiger partial charge in [-0.2, -0.15) is 0 Å². The average molecular weight is 263 g/mol. The number of hydrogen-bond acceptors (Lipinski definition) is 5. The number of amides is 1. The molecule has 0 atom stereocenters. The van der Waals surface area contributed by atoms with Crippen molar-refractivity contribution in [3.8, 4) is 0 Å². The van der Waals surface area contributed by atoms with E-state index in [2.05, 4.69) is 25.7 Å². The van der Waals surface area contributed by atoms with Gasteiger partial charge in [-0.05, 0) is 25.7 Å². The maximum absolute atomic E-state index is 11.7. The zero-order valence-corrected chi connectivity index (χ0v) is 11.4. The van der Waals surface area contributed by atoms with Gasteiger partial charge in [-0.25, -0.2) is 15.4 Å². The maximum Gasteiger partial charge on any atom is 0.285 e. The SMILES string of the molecule is CCCNNC(=O)c1cnc(N2CCCCC2)cn1. The molecule has 6 nitrogen and oxygen atoms in total. The normalized spacial score (nSPS) is 15.3. The summed E-state index contributed by atoms with van der Waals surface area (Å²) in [6.07, 6.45) is 7.86. The van der Waals surface area contributed by atoms with Gasteiger partial charge in [-0.3, -0.25) is 10.2 Å². The minimum Gasteiger partial charge on any atom is -0.355 e. The zero-order valence-electron chi connectivity index (χ0n) is 11.4. The molecule has 2 N–H and O–H groups in total. The van der Waals surface area contributed by atoms with E-state index in [1.165, 1.54) is 25.5 Å². The van der Waals surface area contributed by atoms with Crippen LogP contribution in [0.3, 0.4) is 0 Å². The van der Waals surface area contributed by atoms with Gasteiger partial charge < -0.3 is 4.90 Å². The quantitative estimate of drug-likeness (QED) is 0.615. The van der Waals surface area contributed by atoms with Crippen LogP contribution in [0.15, 0.2) is 12.4 Å². The van der Waals surface area contributed by atoms with Crippen molar-refractivity contribution in [3.05, 3.63) is 18.1 Å². The third kappa shape index (κ3) is 3.89. The largest absolute Gasteiger partial charge is 0.355 e. The Kier molecular flexibility index (Phi) is 5.09. The van der Waals surface area contributed by atoms with Crippen molar-refractivity contribution in [1.29, 1.82) is 0 Å². The Morgan fingerprint density at radius 2 is 2.05 bits per heavy atom. The molecular formula is C13H21N5O. The first kappa shape index (κ1) is 13.7. The van der Waals surface area contributed by atoms with Crippen LogP contribution in [0.5, 0.6) is 0 Å². The molecule has 6 heteroatoms. The van der Waals surface area contributed by atoms with E-state index in [0.717, 1.165) is 31.9 Å². The second-order valence-corrected chi connectivity index (χ2v) is 4.69. The van der Waals surface area contributed by atoms with Crippen LogP contribution in [0.25, 0.3) is 0 Å². The molecule has 1 amide bonds. The zero-order chi connectivity index (χ0) is 13.5. The third-order valence-corrected chi connectivity index (χ3v) is 3.13. The van der Waals surface area contributed by atoms with E-state index in [9.17, 15) is 4.79 Å². The molecular weight excluding hydrogens is 242 g/mol. The highest BCUT2D eigenvalue weighted by Gasteiger charge is 2.13. The fraction of sp³-hybridized carbons (Fsp3) is 0.615. The van der Waals surface area contributed by atoms with E-state index in [0.29, 0.717) is 5.69 Å². The maximum atomic E-state index is 11.7. The van der Waals surface area contributed by atoms with Crippen molar-refractivity contribution >= 4 is 11.7 Å². The van der Waals surface area contributed by atoms with Crippen molar-refractivity contribution in [2.75, 3.05) is 24.5 Å².